The van der Waals surface area contributed by atoms with Gasteiger partial charge >= 0.3 is 0 Å². The van der Waals surface area contributed by atoms with E-state index in [4.69, 9.17) is 33.7 Å². The minimum atomic E-state index is -0.124. The molecule has 2 aromatic heterocycles. The summed E-state index contributed by atoms with van der Waals surface area (Å²) < 4.78 is 0. The average Bonchev–Trinajstić information content (AvgIpc) is 2.32. The fourth-order valence-corrected chi connectivity index (χ4v) is 1.40. The summed E-state index contributed by atoms with van der Waals surface area (Å²) in [6.45, 7) is 0. The molecular formula is C8Cl2N6. The molecule has 0 radical (unpaired) electrons. The van der Waals surface area contributed by atoms with Crippen LogP contribution in [0.3, 0.4) is 0 Å². The Hall–Kier alpha value is -2.02. The third-order valence-corrected chi connectivity index (χ3v) is 2.23. The number of fused-ring (bicyclic) bond motifs is 1. The smallest absolute Gasteiger partial charge is 0.179 e. The molecular weight excluding hydrogens is 251 g/mol. The van der Waals surface area contributed by atoms with Gasteiger partial charge in [-0.2, -0.15) is 10.5 Å². The van der Waals surface area contributed by atoms with Gasteiger partial charge in [-0.25, -0.2) is 9.97 Å². The highest BCUT2D eigenvalue weighted by molar-refractivity contribution is 6.37. The summed E-state index contributed by atoms with van der Waals surface area (Å²) in [5.74, 6) is 0. The molecule has 2 heterocycles. The van der Waals surface area contributed by atoms with Crippen molar-refractivity contribution in [2.75, 3.05) is 0 Å². The highest BCUT2D eigenvalue weighted by Gasteiger charge is 2.14. The van der Waals surface area contributed by atoms with Crippen molar-refractivity contribution < 1.29 is 0 Å². The van der Waals surface area contributed by atoms with Crippen LogP contribution in [0.25, 0.3) is 11.0 Å². The van der Waals surface area contributed by atoms with Crippen LogP contribution in [0.5, 0.6) is 0 Å². The van der Waals surface area contributed by atoms with Crippen LogP contribution in [0.4, 0.5) is 0 Å². The molecule has 0 unspecified atom stereocenters. The lowest BCUT2D eigenvalue weighted by Crippen LogP contribution is -1.99. The molecule has 0 aliphatic heterocycles. The molecule has 8 heteroatoms. The molecule has 6 nitrogen and oxygen atoms in total. The predicted molar refractivity (Wildman–Crippen MR) is 54.6 cm³/mol. The van der Waals surface area contributed by atoms with Crippen LogP contribution in [0.1, 0.15) is 11.4 Å². The van der Waals surface area contributed by atoms with Crippen LogP contribution in [0, 0.1) is 22.7 Å². The van der Waals surface area contributed by atoms with Crippen molar-refractivity contribution in [3.8, 4) is 12.1 Å². The number of halogens is 2. The monoisotopic (exact) mass is 250 g/mol. The van der Waals surface area contributed by atoms with E-state index in [1.807, 2.05) is 0 Å². The fourth-order valence-electron chi connectivity index (χ4n) is 1.06. The quantitative estimate of drug-likeness (QED) is 0.702. The lowest BCUT2D eigenvalue weighted by molar-refractivity contribution is 1.03. The Morgan fingerprint density at radius 1 is 0.812 bits per heavy atom. The summed E-state index contributed by atoms with van der Waals surface area (Å²) in [5.41, 5.74) is 0.0522. The molecule has 0 saturated heterocycles. The molecule has 0 spiro atoms. The third kappa shape index (κ3) is 1.50. The molecule has 0 aliphatic carbocycles. The van der Waals surface area contributed by atoms with E-state index in [1.165, 1.54) is 0 Å². The Morgan fingerprint density at radius 3 is 1.50 bits per heavy atom. The van der Waals surface area contributed by atoms with Gasteiger partial charge in [-0.05, 0) is 0 Å². The van der Waals surface area contributed by atoms with Gasteiger partial charge in [0.2, 0.25) is 0 Å². The minimum absolute atomic E-state index is 0.0205. The number of nitrogens with zero attached hydrogens (tertiary/aromatic N) is 6. The van der Waals surface area contributed by atoms with Crippen LogP contribution in [0.2, 0.25) is 10.3 Å². The van der Waals surface area contributed by atoms with Gasteiger partial charge in [-0.3, -0.25) is 0 Å². The van der Waals surface area contributed by atoms with Crippen LogP contribution in [-0.4, -0.2) is 20.2 Å². The highest BCUT2D eigenvalue weighted by Crippen LogP contribution is 2.23. The van der Waals surface area contributed by atoms with E-state index in [1.54, 1.807) is 12.1 Å². The van der Waals surface area contributed by atoms with Gasteiger partial charge in [0.1, 0.15) is 23.2 Å². The maximum absolute atomic E-state index is 8.75. The van der Waals surface area contributed by atoms with Crippen molar-refractivity contribution in [2.45, 2.75) is 0 Å². The maximum atomic E-state index is 8.75. The number of hydrogen-bond donors (Lipinski definition) is 0. The van der Waals surface area contributed by atoms with Crippen molar-refractivity contribution in [3.63, 3.8) is 0 Å². The van der Waals surface area contributed by atoms with Gasteiger partial charge in [-0.1, -0.05) is 23.2 Å². The molecule has 0 aromatic carbocycles. The Balaban J connectivity index is 2.96. The fraction of sp³-hybridized carbons (Fsp3) is 0. The Morgan fingerprint density at radius 2 is 1.19 bits per heavy atom. The van der Waals surface area contributed by atoms with E-state index in [-0.39, 0.29) is 32.7 Å². The summed E-state index contributed by atoms with van der Waals surface area (Å²) in [6.07, 6.45) is 0. The van der Waals surface area contributed by atoms with Gasteiger partial charge in [0, 0.05) is 0 Å². The van der Waals surface area contributed by atoms with Crippen molar-refractivity contribution in [3.05, 3.63) is 21.7 Å². The lowest BCUT2D eigenvalue weighted by atomic mass is 10.3. The van der Waals surface area contributed by atoms with E-state index in [9.17, 15) is 0 Å². The van der Waals surface area contributed by atoms with Crippen LogP contribution < -0.4 is 0 Å². The number of aromatic nitrogens is 4. The molecule has 0 amide bonds. The first-order valence-electron chi connectivity index (χ1n) is 3.87. The predicted octanol–water partition coefficient (Wildman–Crippen LogP) is 1.47. The molecule has 2 aromatic rings. The summed E-state index contributed by atoms with van der Waals surface area (Å²) in [4.78, 5) is 7.72. The lowest BCUT2D eigenvalue weighted by Gasteiger charge is -2.00. The molecule has 0 saturated carbocycles. The average molecular weight is 251 g/mol. The third-order valence-electron chi connectivity index (χ3n) is 1.72. The summed E-state index contributed by atoms with van der Waals surface area (Å²) in [5, 5.41) is 24.5. The topological polar surface area (TPSA) is 99.1 Å². The second-order valence-electron chi connectivity index (χ2n) is 2.62. The van der Waals surface area contributed by atoms with Gasteiger partial charge in [0.15, 0.2) is 21.7 Å². The van der Waals surface area contributed by atoms with Crippen molar-refractivity contribution in [2.24, 2.45) is 0 Å². The first-order chi connectivity index (χ1) is 7.67. The molecule has 0 bridgehead atoms. The number of rotatable bonds is 0. The van der Waals surface area contributed by atoms with Gasteiger partial charge in [0.05, 0.1) is 0 Å². The zero-order valence-electron chi connectivity index (χ0n) is 7.44. The highest BCUT2D eigenvalue weighted by atomic mass is 35.5. The summed E-state index contributed by atoms with van der Waals surface area (Å²) in [6, 6.07) is 3.48. The zero-order chi connectivity index (χ0) is 11.7. The molecule has 2 rings (SSSR count). The summed E-state index contributed by atoms with van der Waals surface area (Å²) >= 11 is 11.5. The molecule has 0 aliphatic rings. The van der Waals surface area contributed by atoms with E-state index < -0.39 is 0 Å². The van der Waals surface area contributed by atoms with Crippen molar-refractivity contribution in [1.82, 2.24) is 20.2 Å². The standard InChI is InChI=1S/C8Cl2N6/c9-7-5-6(8(10)16-15-7)14-4(2-12)3(1-11)13-5. The van der Waals surface area contributed by atoms with Crippen molar-refractivity contribution >= 4 is 34.2 Å². The zero-order valence-corrected chi connectivity index (χ0v) is 8.95. The largest absolute Gasteiger partial charge is 0.229 e. The number of nitriles is 2. The van der Waals surface area contributed by atoms with Gasteiger partial charge in [-0.15, -0.1) is 10.2 Å². The number of hydrogen-bond acceptors (Lipinski definition) is 6. The molecule has 76 valence electrons. The maximum Gasteiger partial charge on any atom is 0.179 e. The van der Waals surface area contributed by atoms with E-state index in [0.29, 0.717) is 0 Å². The van der Waals surface area contributed by atoms with Crippen LogP contribution >= 0.6 is 23.2 Å². The normalized spacial score (nSPS) is 9.75. The Bertz CT molecular complexity index is 610. The molecule has 16 heavy (non-hydrogen) atoms. The minimum Gasteiger partial charge on any atom is -0.229 e. The summed E-state index contributed by atoms with van der Waals surface area (Å²) in [7, 11) is 0. The molecule has 0 atom stereocenters. The first-order valence-corrected chi connectivity index (χ1v) is 4.62. The van der Waals surface area contributed by atoms with Crippen molar-refractivity contribution in [1.29, 1.82) is 10.5 Å². The Kier molecular flexibility index (Phi) is 2.53. The van der Waals surface area contributed by atoms with Crippen LogP contribution in [0.15, 0.2) is 0 Å². The second kappa shape index (κ2) is 3.86. The van der Waals surface area contributed by atoms with Gasteiger partial charge < -0.3 is 0 Å². The van der Waals surface area contributed by atoms with E-state index in [0.717, 1.165) is 0 Å². The molecule has 0 fully saturated rings. The first kappa shape index (κ1) is 10.5. The van der Waals surface area contributed by atoms with E-state index >= 15 is 0 Å². The van der Waals surface area contributed by atoms with Gasteiger partial charge in [0.25, 0.3) is 0 Å². The Labute approximate surface area is 99.1 Å². The van der Waals surface area contributed by atoms with E-state index in [2.05, 4.69) is 20.2 Å². The second-order valence-corrected chi connectivity index (χ2v) is 3.34. The van der Waals surface area contributed by atoms with Crippen LogP contribution in [-0.2, 0) is 0 Å². The molecule has 0 N–H and O–H groups in total. The SMILES string of the molecule is N#Cc1nc2c(Cl)nnc(Cl)c2nc1C#N.